The lowest BCUT2D eigenvalue weighted by molar-refractivity contribution is -0.114. The van der Waals surface area contributed by atoms with Gasteiger partial charge in [0.1, 0.15) is 0 Å². The van der Waals surface area contributed by atoms with Gasteiger partial charge in [-0.3, -0.25) is 14.5 Å². The molecule has 0 saturated carbocycles. The number of fused-ring (bicyclic) bond motifs is 1. The topological polar surface area (TPSA) is 46.4 Å². The van der Waals surface area contributed by atoms with Gasteiger partial charge in [0.2, 0.25) is 11.9 Å². The van der Waals surface area contributed by atoms with E-state index in [1.807, 2.05) is 28.8 Å². The van der Waals surface area contributed by atoms with Gasteiger partial charge in [-0.1, -0.05) is 6.07 Å². The average Bonchev–Trinajstić information content (AvgIpc) is 2.48. The van der Waals surface area contributed by atoms with Crippen molar-refractivity contribution in [2.75, 3.05) is 5.32 Å². The lowest BCUT2D eigenvalue weighted by atomic mass is 10.4. The van der Waals surface area contributed by atoms with Crippen LogP contribution in [-0.2, 0) is 4.79 Å². The van der Waals surface area contributed by atoms with E-state index in [1.165, 1.54) is 6.92 Å². The number of carbonyl (C=O) groups is 1. The molecule has 0 atom stereocenters. The Kier molecular flexibility index (Phi) is 1.73. The van der Waals surface area contributed by atoms with E-state index in [-0.39, 0.29) is 5.91 Å². The molecule has 0 aliphatic rings. The standard InChI is InChI=1S/C9H9N3O/c1-7(13)11-9-10-6-8-4-2-3-5-12(8)9/h2-6H,1H3,(H,10,11,13). The number of nitrogens with zero attached hydrogens (tertiary/aromatic N) is 2. The van der Waals surface area contributed by atoms with E-state index in [4.69, 9.17) is 0 Å². The summed E-state index contributed by atoms with van der Waals surface area (Å²) in [6.07, 6.45) is 3.57. The fourth-order valence-corrected chi connectivity index (χ4v) is 1.19. The second kappa shape index (κ2) is 2.90. The molecule has 2 aromatic heterocycles. The zero-order valence-corrected chi connectivity index (χ0v) is 7.19. The lowest BCUT2D eigenvalue weighted by Gasteiger charge is -1.99. The number of hydrogen-bond donors (Lipinski definition) is 1. The maximum Gasteiger partial charge on any atom is 0.223 e. The van der Waals surface area contributed by atoms with Gasteiger partial charge < -0.3 is 0 Å². The smallest absolute Gasteiger partial charge is 0.223 e. The number of aromatic nitrogens is 2. The van der Waals surface area contributed by atoms with Crippen molar-refractivity contribution >= 4 is 17.4 Å². The number of carbonyl (C=O) groups excluding carboxylic acids is 1. The van der Waals surface area contributed by atoms with Crippen LogP contribution in [0.15, 0.2) is 30.6 Å². The van der Waals surface area contributed by atoms with Crippen molar-refractivity contribution in [1.29, 1.82) is 0 Å². The molecular weight excluding hydrogens is 166 g/mol. The van der Waals surface area contributed by atoms with Gasteiger partial charge in [0.25, 0.3) is 0 Å². The molecular formula is C9H9N3O. The van der Waals surface area contributed by atoms with Crippen LogP contribution in [0.1, 0.15) is 6.92 Å². The largest absolute Gasteiger partial charge is 0.296 e. The number of pyridine rings is 1. The maximum absolute atomic E-state index is 10.8. The summed E-state index contributed by atoms with van der Waals surface area (Å²) in [4.78, 5) is 14.9. The van der Waals surface area contributed by atoms with Gasteiger partial charge in [-0.15, -0.1) is 0 Å². The first-order chi connectivity index (χ1) is 6.27. The monoisotopic (exact) mass is 175 g/mol. The van der Waals surface area contributed by atoms with Crippen LogP contribution in [0.25, 0.3) is 5.52 Å². The Morgan fingerprint density at radius 1 is 1.54 bits per heavy atom. The molecule has 0 aliphatic heterocycles. The molecule has 0 fully saturated rings. The first kappa shape index (κ1) is 7.79. The van der Waals surface area contributed by atoms with E-state index in [0.29, 0.717) is 5.95 Å². The van der Waals surface area contributed by atoms with Crippen LogP contribution in [0.3, 0.4) is 0 Å². The Bertz CT molecular complexity index is 447. The Labute approximate surface area is 75.2 Å². The molecule has 66 valence electrons. The molecule has 2 aromatic rings. The molecule has 0 radical (unpaired) electrons. The molecule has 4 nitrogen and oxygen atoms in total. The van der Waals surface area contributed by atoms with Crippen molar-refractivity contribution in [3.8, 4) is 0 Å². The highest BCUT2D eigenvalue weighted by Crippen LogP contribution is 2.09. The quantitative estimate of drug-likeness (QED) is 0.709. The summed E-state index contributed by atoms with van der Waals surface area (Å²) in [6, 6.07) is 5.74. The predicted octanol–water partition coefficient (Wildman–Crippen LogP) is 1.29. The summed E-state index contributed by atoms with van der Waals surface area (Å²) in [5.41, 5.74) is 0.964. The summed E-state index contributed by atoms with van der Waals surface area (Å²) in [6.45, 7) is 1.46. The second-order valence-electron chi connectivity index (χ2n) is 2.76. The summed E-state index contributed by atoms with van der Waals surface area (Å²) in [5, 5.41) is 2.64. The fraction of sp³-hybridized carbons (Fsp3) is 0.111. The number of anilines is 1. The molecule has 0 unspecified atom stereocenters. The normalized spacial score (nSPS) is 10.2. The van der Waals surface area contributed by atoms with E-state index >= 15 is 0 Å². The molecule has 2 rings (SSSR count). The Morgan fingerprint density at radius 3 is 3.15 bits per heavy atom. The first-order valence-electron chi connectivity index (χ1n) is 3.97. The third-order valence-corrected chi connectivity index (χ3v) is 1.73. The molecule has 13 heavy (non-hydrogen) atoms. The highest BCUT2D eigenvalue weighted by molar-refractivity contribution is 5.87. The van der Waals surface area contributed by atoms with Gasteiger partial charge in [-0.05, 0) is 12.1 Å². The summed E-state index contributed by atoms with van der Waals surface area (Å²) in [7, 11) is 0. The number of imidazole rings is 1. The van der Waals surface area contributed by atoms with Crippen molar-refractivity contribution < 1.29 is 4.79 Å². The Morgan fingerprint density at radius 2 is 2.38 bits per heavy atom. The van der Waals surface area contributed by atoms with Crippen molar-refractivity contribution in [3.05, 3.63) is 30.6 Å². The van der Waals surface area contributed by atoms with Crippen LogP contribution < -0.4 is 5.32 Å². The van der Waals surface area contributed by atoms with Crippen LogP contribution in [0.4, 0.5) is 5.95 Å². The highest BCUT2D eigenvalue weighted by Gasteiger charge is 2.02. The third-order valence-electron chi connectivity index (χ3n) is 1.73. The fourth-order valence-electron chi connectivity index (χ4n) is 1.19. The van der Waals surface area contributed by atoms with E-state index in [2.05, 4.69) is 10.3 Å². The molecule has 4 heteroatoms. The summed E-state index contributed by atoms with van der Waals surface area (Å²) in [5.74, 6) is 0.444. The van der Waals surface area contributed by atoms with Gasteiger partial charge in [-0.25, -0.2) is 4.98 Å². The maximum atomic E-state index is 10.8. The van der Waals surface area contributed by atoms with Crippen molar-refractivity contribution in [2.24, 2.45) is 0 Å². The Balaban J connectivity index is 2.51. The minimum Gasteiger partial charge on any atom is -0.296 e. The van der Waals surface area contributed by atoms with Gasteiger partial charge in [0, 0.05) is 13.1 Å². The second-order valence-corrected chi connectivity index (χ2v) is 2.76. The minimum atomic E-state index is -0.114. The molecule has 0 saturated heterocycles. The molecule has 0 aromatic carbocycles. The summed E-state index contributed by atoms with van der Waals surface area (Å²) < 4.78 is 1.82. The lowest BCUT2D eigenvalue weighted by Crippen LogP contribution is -2.08. The summed E-state index contributed by atoms with van der Waals surface area (Å²) >= 11 is 0. The molecule has 0 spiro atoms. The highest BCUT2D eigenvalue weighted by atomic mass is 16.1. The molecule has 2 heterocycles. The first-order valence-corrected chi connectivity index (χ1v) is 3.97. The number of hydrogen-bond acceptors (Lipinski definition) is 2. The van der Waals surface area contributed by atoms with Crippen LogP contribution >= 0.6 is 0 Å². The van der Waals surface area contributed by atoms with E-state index < -0.39 is 0 Å². The van der Waals surface area contributed by atoms with Crippen LogP contribution in [-0.4, -0.2) is 15.3 Å². The van der Waals surface area contributed by atoms with Crippen molar-refractivity contribution in [1.82, 2.24) is 9.38 Å². The van der Waals surface area contributed by atoms with E-state index in [0.717, 1.165) is 5.52 Å². The molecule has 1 amide bonds. The van der Waals surface area contributed by atoms with Crippen LogP contribution in [0.2, 0.25) is 0 Å². The van der Waals surface area contributed by atoms with E-state index in [9.17, 15) is 4.79 Å². The van der Waals surface area contributed by atoms with Gasteiger partial charge in [0.05, 0.1) is 11.7 Å². The SMILES string of the molecule is CC(=O)Nc1ncc2ccccn12. The number of nitrogens with one attached hydrogen (secondary N) is 1. The number of rotatable bonds is 1. The minimum absolute atomic E-state index is 0.114. The average molecular weight is 175 g/mol. The molecule has 0 aliphatic carbocycles. The van der Waals surface area contributed by atoms with Crippen molar-refractivity contribution in [3.63, 3.8) is 0 Å². The van der Waals surface area contributed by atoms with Crippen LogP contribution in [0.5, 0.6) is 0 Å². The third kappa shape index (κ3) is 1.38. The predicted molar refractivity (Wildman–Crippen MR) is 49.5 cm³/mol. The molecule has 1 N–H and O–H groups in total. The van der Waals surface area contributed by atoms with Crippen LogP contribution in [0, 0.1) is 0 Å². The van der Waals surface area contributed by atoms with Gasteiger partial charge in [0.15, 0.2) is 0 Å². The van der Waals surface area contributed by atoms with E-state index in [1.54, 1.807) is 6.20 Å². The number of amides is 1. The Hall–Kier alpha value is -1.84. The molecule has 0 bridgehead atoms. The zero-order valence-electron chi connectivity index (χ0n) is 7.19. The zero-order chi connectivity index (χ0) is 9.26. The van der Waals surface area contributed by atoms with Crippen molar-refractivity contribution in [2.45, 2.75) is 6.92 Å². The van der Waals surface area contributed by atoms with Gasteiger partial charge >= 0.3 is 0 Å². The van der Waals surface area contributed by atoms with Gasteiger partial charge in [-0.2, -0.15) is 0 Å².